The number of ether oxygens (including phenoxy) is 1. The molecule has 0 heterocycles. The second-order valence-corrected chi connectivity index (χ2v) is 9.01. The maximum Gasteiger partial charge on any atom is 0.314 e. The van der Waals surface area contributed by atoms with Crippen LogP contribution in [0.5, 0.6) is 5.75 Å². The molecular weight excluding hydrogens is 377 g/mol. The van der Waals surface area contributed by atoms with Gasteiger partial charge in [0.25, 0.3) is 0 Å². The van der Waals surface area contributed by atoms with Crippen LogP contribution in [0.15, 0.2) is 12.1 Å². The van der Waals surface area contributed by atoms with Gasteiger partial charge in [-0.15, -0.1) is 0 Å². The van der Waals surface area contributed by atoms with Crippen molar-refractivity contribution in [2.24, 2.45) is 23.7 Å². The topological polar surface area (TPSA) is 26.3 Å². The molecule has 0 aromatic heterocycles. The van der Waals surface area contributed by atoms with E-state index in [4.69, 9.17) is 4.74 Å². The average Bonchev–Trinajstić information content (AvgIpc) is 2.73. The molecule has 0 radical (unpaired) electrons. The maximum absolute atomic E-state index is 13.3. The number of halogens is 3. The van der Waals surface area contributed by atoms with E-state index in [1.165, 1.54) is 51.4 Å². The highest BCUT2D eigenvalue weighted by Crippen LogP contribution is 2.42. The summed E-state index contributed by atoms with van der Waals surface area (Å²) in [4.78, 5) is 12.4. The molecule has 2 fully saturated rings. The van der Waals surface area contributed by atoms with Crippen molar-refractivity contribution in [2.45, 2.75) is 84.0 Å². The monoisotopic (exact) mass is 410 g/mol. The van der Waals surface area contributed by atoms with Gasteiger partial charge in [-0.3, -0.25) is 4.79 Å². The van der Waals surface area contributed by atoms with Crippen molar-refractivity contribution in [1.82, 2.24) is 0 Å². The minimum absolute atomic E-state index is 0.243. The predicted molar refractivity (Wildman–Crippen MR) is 107 cm³/mol. The Morgan fingerprint density at radius 3 is 2.00 bits per heavy atom. The third-order valence-electron chi connectivity index (χ3n) is 7.05. The van der Waals surface area contributed by atoms with Gasteiger partial charge in [0, 0.05) is 12.1 Å². The van der Waals surface area contributed by atoms with Crippen molar-refractivity contribution < 1.29 is 22.7 Å². The summed E-state index contributed by atoms with van der Waals surface area (Å²) in [6.45, 7) is 2.25. The molecule has 2 saturated carbocycles. The minimum Gasteiger partial charge on any atom is -0.426 e. The van der Waals surface area contributed by atoms with Crippen LogP contribution in [0.2, 0.25) is 0 Å². The van der Waals surface area contributed by atoms with E-state index in [2.05, 4.69) is 6.92 Å². The number of rotatable bonds is 7. The third kappa shape index (κ3) is 5.99. The summed E-state index contributed by atoms with van der Waals surface area (Å²) in [6.07, 6.45) is 14.2. The van der Waals surface area contributed by atoms with E-state index in [-0.39, 0.29) is 11.7 Å². The summed E-state index contributed by atoms with van der Waals surface area (Å²) in [7, 11) is 0. The molecule has 0 saturated heterocycles. The summed E-state index contributed by atoms with van der Waals surface area (Å²) in [5, 5.41) is 0. The molecule has 2 aliphatic rings. The van der Waals surface area contributed by atoms with E-state index in [1.807, 2.05) is 0 Å². The molecule has 0 spiro atoms. The van der Waals surface area contributed by atoms with Gasteiger partial charge in [-0.1, -0.05) is 45.4 Å². The lowest BCUT2D eigenvalue weighted by Crippen LogP contribution is -2.30. The number of carbonyl (C=O) groups is 1. The van der Waals surface area contributed by atoms with Gasteiger partial charge in [0.15, 0.2) is 17.5 Å². The quantitative estimate of drug-likeness (QED) is 0.206. The largest absolute Gasteiger partial charge is 0.426 e. The van der Waals surface area contributed by atoms with Crippen molar-refractivity contribution >= 4 is 5.97 Å². The standard InChI is InChI=1S/C24H33F3O2/c1-2-3-4-5-16-6-8-17(9-7-16)18-10-12-19(13-11-18)24(28)29-20-14-21(25)23(27)22(26)15-20/h14-19H,2-13H2,1H3/t16-,17-,18-,19-. The molecular formula is C24H33F3O2. The Balaban J connectivity index is 1.42. The Hall–Kier alpha value is -1.52. The Kier molecular flexibility index (Phi) is 8.02. The van der Waals surface area contributed by atoms with Gasteiger partial charge in [-0.25, -0.2) is 13.2 Å². The molecule has 5 heteroatoms. The molecule has 0 N–H and O–H groups in total. The maximum atomic E-state index is 13.3. The highest BCUT2D eigenvalue weighted by atomic mass is 19.2. The zero-order chi connectivity index (χ0) is 20.8. The Labute approximate surface area is 172 Å². The molecule has 0 amide bonds. The van der Waals surface area contributed by atoms with Crippen molar-refractivity contribution in [3.8, 4) is 5.75 Å². The van der Waals surface area contributed by atoms with Crippen LogP contribution in [0.25, 0.3) is 0 Å². The summed E-state index contributed by atoms with van der Waals surface area (Å²) in [6, 6.07) is 1.45. The molecule has 2 aliphatic carbocycles. The van der Waals surface area contributed by atoms with Crippen LogP contribution in [-0.4, -0.2) is 5.97 Å². The van der Waals surface area contributed by atoms with Crippen LogP contribution in [0.3, 0.4) is 0 Å². The van der Waals surface area contributed by atoms with Crippen LogP contribution in [-0.2, 0) is 4.79 Å². The molecule has 162 valence electrons. The molecule has 1 aromatic carbocycles. The van der Waals surface area contributed by atoms with Gasteiger partial charge in [-0.05, 0) is 56.3 Å². The van der Waals surface area contributed by atoms with Crippen LogP contribution in [0, 0.1) is 41.1 Å². The van der Waals surface area contributed by atoms with Crippen molar-refractivity contribution in [2.75, 3.05) is 0 Å². The van der Waals surface area contributed by atoms with Crippen LogP contribution < -0.4 is 4.74 Å². The Morgan fingerprint density at radius 2 is 1.45 bits per heavy atom. The lowest BCUT2D eigenvalue weighted by molar-refractivity contribution is -0.140. The van der Waals surface area contributed by atoms with Crippen LogP contribution in [0.1, 0.15) is 84.0 Å². The molecule has 1 aromatic rings. The van der Waals surface area contributed by atoms with Gasteiger partial charge in [-0.2, -0.15) is 0 Å². The summed E-state index contributed by atoms with van der Waals surface area (Å²) < 4.78 is 44.8. The number of carbonyl (C=O) groups excluding carboxylic acids is 1. The fourth-order valence-electron chi connectivity index (χ4n) is 5.25. The number of benzene rings is 1. The van der Waals surface area contributed by atoms with Gasteiger partial charge in [0.05, 0.1) is 5.92 Å². The first-order chi connectivity index (χ1) is 14.0. The third-order valence-corrected chi connectivity index (χ3v) is 7.05. The molecule has 0 aliphatic heterocycles. The number of hydrogen-bond donors (Lipinski definition) is 0. The van der Waals surface area contributed by atoms with E-state index < -0.39 is 23.4 Å². The van der Waals surface area contributed by atoms with Gasteiger partial charge in [0.1, 0.15) is 5.75 Å². The fourth-order valence-corrected chi connectivity index (χ4v) is 5.25. The minimum atomic E-state index is -1.55. The fraction of sp³-hybridized carbons (Fsp3) is 0.708. The van der Waals surface area contributed by atoms with Crippen molar-refractivity contribution in [3.63, 3.8) is 0 Å². The zero-order valence-electron chi connectivity index (χ0n) is 17.4. The van der Waals surface area contributed by atoms with E-state index in [0.29, 0.717) is 5.92 Å². The van der Waals surface area contributed by atoms with E-state index in [9.17, 15) is 18.0 Å². The molecule has 29 heavy (non-hydrogen) atoms. The zero-order valence-corrected chi connectivity index (χ0v) is 17.4. The number of esters is 1. The van der Waals surface area contributed by atoms with Crippen molar-refractivity contribution in [1.29, 1.82) is 0 Å². The average molecular weight is 411 g/mol. The summed E-state index contributed by atoms with van der Waals surface area (Å²) in [5.41, 5.74) is 0. The molecule has 3 rings (SSSR count). The second-order valence-electron chi connectivity index (χ2n) is 9.01. The lowest BCUT2D eigenvalue weighted by Gasteiger charge is -2.37. The van der Waals surface area contributed by atoms with E-state index in [1.54, 1.807) is 0 Å². The highest BCUT2D eigenvalue weighted by Gasteiger charge is 2.33. The van der Waals surface area contributed by atoms with E-state index >= 15 is 0 Å². The smallest absolute Gasteiger partial charge is 0.314 e. The normalized spacial score (nSPS) is 27.6. The highest BCUT2D eigenvalue weighted by molar-refractivity contribution is 5.75. The van der Waals surface area contributed by atoms with E-state index in [0.717, 1.165) is 49.7 Å². The first-order valence-corrected chi connectivity index (χ1v) is 11.3. The molecule has 2 nitrogen and oxygen atoms in total. The van der Waals surface area contributed by atoms with Crippen LogP contribution >= 0.6 is 0 Å². The van der Waals surface area contributed by atoms with Crippen LogP contribution in [0.4, 0.5) is 13.2 Å². The lowest BCUT2D eigenvalue weighted by atomic mass is 9.68. The van der Waals surface area contributed by atoms with Gasteiger partial charge in [0.2, 0.25) is 0 Å². The molecule has 0 bridgehead atoms. The Bertz CT molecular complexity index is 652. The van der Waals surface area contributed by atoms with Gasteiger partial charge < -0.3 is 4.74 Å². The van der Waals surface area contributed by atoms with Gasteiger partial charge >= 0.3 is 5.97 Å². The van der Waals surface area contributed by atoms with Crippen molar-refractivity contribution in [3.05, 3.63) is 29.6 Å². The SMILES string of the molecule is CCCCC[C@H]1CC[C@H]([C@H]2CC[C@H](C(=O)Oc3cc(F)c(F)c(F)c3)CC2)CC1. The Morgan fingerprint density at radius 1 is 0.897 bits per heavy atom. The predicted octanol–water partition coefficient (Wildman–Crippen LogP) is 7.20. The first-order valence-electron chi connectivity index (χ1n) is 11.3. The molecule has 0 atom stereocenters. The second kappa shape index (κ2) is 10.5. The number of hydrogen-bond acceptors (Lipinski definition) is 2. The molecule has 0 unspecified atom stereocenters. The first kappa shape index (κ1) is 22.2. The summed E-state index contributed by atoms with van der Waals surface area (Å²) in [5.74, 6) is -2.86. The summed E-state index contributed by atoms with van der Waals surface area (Å²) >= 11 is 0. The number of unbranched alkanes of at least 4 members (excludes halogenated alkanes) is 2.